The van der Waals surface area contributed by atoms with Gasteiger partial charge in [0.1, 0.15) is 6.54 Å². The van der Waals surface area contributed by atoms with Crippen LogP contribution in [-0.4, -0.2) is 33.9 Å². The number of fused-ring (bicyclic) bond motifs is 1. The highest BCUT2D eigenvalue weighted by atomic mass is 79.9. The van der Waals surface area contributed by atoms with Gasteiger partial charge in [0.05, 0.1) is 16.8 Å². The van der Waals surface area contributed by atoms with Gasteiger partial charge in [-0.2, -0.15) is 5.10 Å². The molecule has 3 aromatic carbocycles. The lowest BCUT2D eigenvalue weighted by atomic mass is 10.1. The first kappa shape index (κ1) is 18.9. The summed E-state index contributed by atoms with van der Waals surface area (Å²) >= 11 is 3.41. The Bertz CT molecular complexity index is 1330. The molecule has 0 fully saturated rings. The SMILES string of the molecule is O=C(CN1c2cccc3cccc(c23)S1(=O)=O)N/N=C/c1cc2c(cc1Br)OCO2. The van der Waals surface area contributed by atoms with Crippen molar-refractivity contribution >= 4 is 54.5 Å². The van der Waals surface area contributed by atoms with Gasteiger partial charge in [-0.1, -0.05) is 24.3 Å². The average molecular weight is 488 g/mol. The van der Waals surface area contributed by atoms with Gasteiger partial charge < -0.3 is 9.47 Å². The molecule has 2 aliphatic heterocycles. The Balaban J connectivity index is 1.34. The summed E-state index contributed by atoms with van der Waals surface area (Å²) in [4.78, 5) is 12.6. The molecule has 0 spiro atoms. The van der Waals surface area contributed by atoms with Crippen LogP contribution in [0.1, 0.15) is 5.56 Å². The molecule has 8 nitrogen and oxygen atoms in total. The van der Waals surface area contributed by atoms with Crippen molar-refractivity contribution in [2.75, 3.05) is 17.6 Å². The smallest absolute Gasteiger partial charge is 0.265 e. The molecule has 2 aliphatic rings. The number of carbonyl (C=O) groups excluding carboxylic acids is 1. The minimum atomic E-state index is -3.80. The molecule has 0 unspecified atom stereocenters. The quantitative estimate of drug-likeness (QED) is 0.450. The normalized spacial score (nSPS) is 15.8. The lowest BCUT2D eigenvalue weighted by Gasteiger charge is -2.17. The Labute approximate surface area is 180 Å². The van der Waals surface area contributed by atoms with Crippen LogP contribution in [0.3, 0.4) is 0 Å². The fourth-order valence-electron chi connectivity index (χ4n) is 3.50. The molecule has 30 heavy (non-hydrogen) atoms. The number of hydrogen-bond donors (Lipinski definition) is 1. The zero-order valence-corrected chi connectivity index (χ0v) is 17.7. The molecule has 0 aromatic heterocycles. The third-order valence-corrected chi connectivity index (χ3v) is 7.34. The first-order valence-corrected chi connectivity index (χ1v) is 11.1. The molecule has 1 N–H and O–H groups in total. The highest BCUT2D eigenvalue weighted by Gasteiger charge is 2.36. The van der Waals surface area contributed by atoms with Crippen molar-refractivity contribution in [3.63, 3.8) is 0 Å². The van der Waals surface area contributed by atoms with E-state index in [0.29, 0.717) is 32.6 Å². The molecule has 5 rings (SSSR count). The highest BCUT2D eigenvalue weighted by Crippen LogP contribution is 2.41. The van der Waals surface area contributed by atoms with Gasteiger partial charge in [-0.3, -0.25) is 9.10 Å². The van der Waals surface area contributed by atoms with E-state index in [9.17, 15) is 13.2 Å². The van der Waals surface area contributed by atoms with Gasteiger partial charge >= 0.3 is 0 Å². The fourth-order valence-corrected chi connectivity index (χ4v) is 5.59. The predicted molar refractivity (Wildman–Crippen MR) is 114 cm³/mol. The molecular weight excluding hydrogens is 474 g/mol. The van der Waals surface area contributed by atoms with Gasteiger partial charge in [-0.25, -0.2) is 13.8 Å². The van der Waals surface area contributed by atoms with Crippen LogP contribution in [0, 0.1) is 0 Å². The molecule has 2 heterocycles. The molecule has 0 saturated heterocycles. The monoisotopic (exact) mass is 487 g/mol. The van der Waals surface area contributed by atoms with Crippen molar-refractivity contribution in [3.05, 3.63) is 58.6 Å². The molecule has 1 amide bonds. The number of carbonyl (C=O) groups is 1. The standard InChI is InChI=1S/C20H14BrN3O5S/c21-14-8-17-16(28-11-29-17)7-13(14)9-22-23-19(25)10-24-15-5-1-3-12-4-2-6-18(20(12)15)30(24,26)27/h1-9H,10-11H2,(H,23,25)/b22-9+. The fraction of sp³-hybridized carbons (Fsp3) is 0.100. The van der Waals surface area contributed by atoms with E-state index in [0.717, 1.165) is 9.69 Å². The largest absolute Gasteiger partial charge is 0.454 e. The molecule has 0 saturated carbocycles. The summed E-state index contributed by atoms with van der Waals surface area (Å²) in [6.07, 6.45) is 1.44. The Morgan fingerprint density at radius 1 is 1.17 bits per heavy atom. The minimum Gasteiger partial charge on any atom is -0.454 e. The molecular formula is C20H14BrN3O5S. The molecule has 3 aromatic rings. The van der Waals surface area contributed by atoms with Gasteiger partial charge in [-0.15, -0.1) is 0 Å². The van der Waals surface area contributed by atoms with E-state index in [-0.39, 0.29) is 18.2 Å². The van der Waals surface area contributed by atoms with Crippen molar-refractivity contribution in [1.29, 1.82) is 0 Å². The number of halogens is 1. The van der Waals surface area contributed by atoms with Crippen LogP contribution in [0.25, 0.3) is 10.8 Å². The van der Waals surface area contributed by atoms with Crippen LogP contribution in [0.4, 0.5) is 5.69 Å². The second-order valence-electron chi connectivity index (χ2n) is 6.66. The number of hydrogen-bond acceptors (Lipinski definition) is 6. The maximum Gasteiger partial charge on any atom is 0.265 e. The Kier molecular flexibility index (Phi) is 4.40. The van der Waals surface area contributed by atoms with Crippen molar-refractivity contribution in [2.24, 2.45) is 5.10 Å². The van der Waals surface area contributed by atoms with E-state index in [2.05, 4.69) is 26.5 Å². The molecule has 10 heteroatoms. The second-order valence-corrected chi connectivity index (χ2v) is 9.35. The van der Waals surface area contributed by atoms with Crippen LogP contribution in [0.5, 0.6) is 11.5 Å². The summed E-state index contributed by atoms with van der Waals surface area (Å²) in [5.41, 5.74) is 3.54. The van der Waals surface area contributed by atoms with Crippen molar-refractivity contribution < 1.29 is 22.7 Å². The van der Waals surface area contributed by atoms with E-state index < -0.39 is 15.9 Å². The summed E-state index contributed by atoms with van der Waals surface area (Å²) in [5, 5.41) is 5.38. The number of rotatable bonds is 4. The summed E-state index contributed by atoms with van der Waals surface area (Å²) in [6, 6.07) is 13.9. The van der Waals surface area contributed by atoms with Crippen LogP contribution in [0.15, 0.2) is 63.0 Å². The summed E-state index contributed by atoms with van der Waals surface area (Å²) in [6.45, 7) is -0.228. The van der Waals surface area contributed by atoms with E-state index in [1.54, 1.807) is 36.4 Å². The third kappa shape index (κ3) is 2.99. The van der Waals surface area contributed by atoms with E-state index >= 15 is 0 Å². The van der Waals surface area contributed by atoms with Crippen LogP contribution >= 0.6 is 15.9 Å². The Morgan fingerprint density at radius 2 is 1.90 bits per heavy atom. The van der Waals surface area contributed by atoms with Crippen molar-refractivity contribution in [2.45, 2.75) is 4.90 Å². The maximum absolute atomic E-state index is 12.9. The third-order valence-electron chi connectivity index (χ3n) is 4.85. The van der Waals surface area contributed by atoms with E-state index in [1.165, 1.54) is 6.21 Å². The number of anilines is 1. The highest BCUT2D eigenvalue weighted by molar-refractivity contribution is 9.10. The second kappa shape index (κ2) is 6.99. The lowest BCUT2D eigenvalue weighted by Crippen LogP contribution is -2.37. The molecule has 152 valence electrons. The number of benzene rings is 3. The first-order valence-electron chi connectivity index (χ1n) is 8.91. The van der Waals surface area contributed by atoms with E-state index in [4.69, 9.17) is 9.47 Å². The summed E-state index contributed by atoms with van der Waals surface area (Å²) < 4.78 is 38.3. The van der Waals surface area contributed by atoms with E-state index in [1.807, 2.05) is 12.1 Å². The lowest BCUT2D eigenvalue weighted by molar-refractivity contribution is -0.119. The number of nitrogens with one attached hydrogen (secondary N) is 1. The van der Waals surface area contributed by atoms with Gasteiger partial charge in [0, 0.05) is 15.4 Å². The maximum atomic E-state index is 12.9. The summed E-state index contributed by atoms with van der Waals surface area (Å²) in [7, 11) is -3.80. The zero-order chi connectivity index (χ0) is 20.9. The number of ether oxygens (including phenoxy) is 2. The van der Waals surface area contributed by atoms with Gasteiger partial charge in [-0.05, 0) is 45.6 Å². The number of amides is 1. The van der Waals surface area contributed by atoms with Gasteiger partial charge in [0.25, 0.3) is 15.9 Å². The molecule has 0 bridgehead atoms. The van der Waals surface area contributed by atoms with Gasteiger partial charge in [0.15, 0.2) is 11.5 Å². The predicted octanol–water partition coefficient (Wildman–Crippen LogP) is 2.99. The van der Waals surface area contributed by atoms with Crippen LogP contribution < -0.4 is 19.2 Å². The van der Waals surface area contributed by atoms with Crippen molar-refractivity contribution in [3.8, 4) is 11.5 Å². The molecule has 0 atom stereocenters. The topological polar surface area (TPSA) is 97.3 Å². The summed E-state index contributed by atoms with van der Waals surface area (Å²) in [5.74, 6) is 0.646. The van der Waals surface area contributed by atoms with Crippen molar-refractivity contribution in [1.82, 2.24) is 5.43 Å². The molecule has 0 aliphatic carbocycles. The number of nitrogens with zero attached hydrogens (tertiary/aromatic N) is 2. The first-order chi connectivity index (χ1) is 14.4. The van der Waals surface area contributed by atoms with Gasteiger partial charge in [0.2, 0.25) is 6.79 Å². The number of sulfonamides is 1. The van der Waals surface area contributed by atoms with Crippen LogP contribution in [0.2, 0.25) is 0 Å². The molecule has 0 radical (unpaired) electrons. The van der Waals surface area contributed by atoms with Crippen LogP contribution in [-0.2, 0) is 14.8 Å². The zero-order valence-electron chi connectivity index (χ0n) is 15.3. The minimum absolute atomic E-state index is 0.151. The Morgan fingerprint density at radius 3 is 2.70 bits per heavy atom. The Hall–Kier alpha value is -3.11. The average Bonchev–Trinajstić information content (AvgIpc) is 3.25. The number of hydrazone groups is 1.